The van der Waals surface area contributed by atoms with E-state index in [1.807, 2.05) is 37.3 Å². The van der Waals surface area contributed by atoms with E-state index in [1.54, 1.807) is 0 Å². The Bertz CT molecular complexity index is 777. The molecule has 0 bridgehead atoms. The van der Waals surface area contributed by atoms with Gasteiger partial charge in [-0.2, -0.15) is 0 Å². The number of rotatable bonds is 6. The molecule has 7 nitrogen and oxygen atoms in total. The Morgan fingerprint density at radius 1 is 1.32 bits per heavy atom. The zero-order valence-corrected chi connectivity index (χ0v) is 13.8. The van der Waals surface area contributed by atoms with Crippen LogP contribution in [0.15, 0.2) is 59.2 Å². The third kappa shape index (κ3) is 6.44. The number of nitrogens with two attached hydrogens (primary N) is 1. The van der Waals surface area contributed by atoms with Crippen molar-refractivity contribution >= 4 is 11.9 Å². The van der Waals surface area contributed by atoms with E-state index in [4.69, 9.17) is 20.5 Å². The fourth-order valence-electron chi connectivity index (χ4n) is 1.95. The minimum atomic E-state index is -1.26. The minimum Gasteiger partial charge on any atom is -0.478 e. The van der Waals surface area contributed by atoms with Crippen molar-refractivity contribution in [2.75, 3.05) is 0 Å². The van der Waals surface area contributed by atoms with Crippen LogP contribution in [0.1, 0.15) is 17.7 Å². The maximum absolute atomic E-state index is 10.2. The molecular formula is C18H20N2O5. The van der Waals surface area contributed by atoms with E-state index < -0.39 is 11.9 Å². The molecule has 25 heavy (non-hydrogen) atoms. The minimum absolute atomic E-state index is 0.0572. The summed E-state index contributed by atoms with van der Waals surface area (Å²) in [5.41, 5.74) is 8.45. The first-order valence-corrected chi connectivity index (χ1v) is 7.38. The standard InChI is InChI=1S/C11H12N2O.C7H8O4/c1-8-6-11(13-14-8)10-5-3-2-4-9(10)7-12;1-2-3-5(7(10)11)4-6(8)9/h2-6H,7,12H2,1H3;2,4H,1,3H2,(H,8,9)(H,10,11)/b;5-4-. The summed E-state index contributed by atoms with van der Waals surface area (Å²) in [6, 6.07) is 9.85. The van der Waals surface area contributed by atoms with E-state index in [0.29, 0.717) is 12.6 Å². The first kappa shape index (κ1) is 19.9. The molecule has 132 valence electrons. The van der Waals surface area contributed by atoms with Gasteiger partial charge in [0.2, 0.25) is 0 Å². The average Bonchev–Trinajstić information content (AvgIpc) is 3.01. The summed E-state index contributed by atoms with van der Waals surface area (Å²) in [6.45, 7) is 5.69. The van der Waals surface area contributed by atoms with E-state index in [1.165, 1.54) is 6.08 Å². The molecule has 2 aromatic rings. The van der Waals surface area contributed by atoms with E-state index in [2.05, 4.69) is 11.7 Å². The van der Waals surface area contributed by atoms with Gasteiger partial charge in [-0.3, -0.25) is 0 Å². The van der Waals surface area contributed by atoms with E-state index in [9.17, 15) is 9.59 Å². The molecule has 0 saturated heterocycles. The Labute approximate surface area is 145 Å². The van der Waals surface area contributed by atoms with E-state index in [-0.39, 0.29) is 12.0 Å². The lowest BCUT2D eigenvalue weighted by Crippen LogP contribution is -2.02. The highest BCUT2D eigenvalue weighted by Gasteiger charge is 2.07. The first-order chi connectivity index (χ1) is 11.9. The summed E-state index contributed by atoms with van der Waals surface area (Å²) in [5, 5.41) is 20.5. The molecule has 0 aliphatic heterocycles. The number of carboxylic acid groups (broad SMARTS) is 2. The number of benzene rings is 1. The van der Waals surface area contributed by atoms with Crippen molar-refractivity contribution in [1.82, 2.24) is 5.16 Å². The quantitative estimate of drug-likeness (QED) is 0.543. The third-order valence-corrected chi connectivity index (χ3v) is 3.08. The number of aliphatic carboxylic acids is 2. The van der Waals surface area contributed by atoms with Crippen molar-refractivity contribution in [2.24, 2.45) is 5.73 Å². The monoisotopic (exact) mass is 344 g/mol. The van der Waals surface area contributed by atoms with Crippen LogP contribution in [0, 0.1) is 6.92 Å². The molecule has 0 spiro atoms. The molecule has 0 fully saturated rings. The van der Waals surface area contributed by atoms with Gasteiger partial charge in [0.25, 0.3) is 0 Å². The maximum atomic E-state index is 10.2. The Kier molecular flexibility index (Phi) is 7.81. The highest BCUT2D eigenvalue weighted by atomic mass is 16.5. The van der Waals surface area contributed by atoms with Crippen LogP contribution in [-0.2, 0) is 16.1 Å². The van der Waals surface area contributed by atoms with Gasteiger partial charge in [0, 0.05) is 29.8 Å². The lowest BCUT2D eigenvalue weighted by Gasteiger charge is -2.02. The lowest BCUT2D eigenvalue weighted by atomic mass is 10.0. The molecule has 0 atom stereocenters. The van der Waals surface area contributed by atoms with Crippen LogP contribution in [0.4, 0.5) is 0 Å². The summed E-state index contributed by atoms with van der Waals surface area (Å²) in [7, 11) is 0. The van der Waals surface area contributed by atoms with Gasteiger partial charge in [-0.15, -0.1) is 6.58 Å². The normalized spacial score (nSPS) is 10.6. The van der Waals surface area contributed by atoms with Crippen LogP contribution in [0.5, 0.6) is 0 Å². The predicted molar refractivity (Wildman–Crippen MR) is 92.7 cm³/mol. The van der Waals surface area contributed by atoms with E-state index >= 15 is 0 Å². The van der Waals surface area contributed by atoms with Gasteiger partial charge in [-0.1, -0.05) is 35.5 Å². The largest absolute Gasteiger partial charge is 0.478 e. The van der Waals surface area contributed by atoms with Crippen LogP contribution < -0.4 is 5.73 Å². The number of aromatic nitrogens is 1. The Balaban J connectivity index is 0.000000260. The van der Waals surface area contributed by atoms with Crippen LogP contribution in [0.3, 0.4) is 0 Å². The fourth-order valence-corrected chi connectivity index (χ4v) is 1.95. The zero-order chi connectivity index (χ0) is 18.8. The number of nitrogens with zero attached hydrogens (tertiary/aromatic N) is 1. The van der Waals surface area contributed by atoms with E-state index in [0.717, 1.165) is 22.6 Å². The van der Waals surface area contributed by atoms with Crippen LogP contribution in [-0.4, -0.2) is 27.3 Å². The molecular weight excluding hydrogens is 324 g/mol. The lowest BCUT2D eigenvalue weighted by molar-refractivity contribution is -0.135. The van der Waals surface area contributed by atoms with Gasteiger partial charge < -0.3 is 20.5 Å². The smallest absolute Gasteiger partial charge is 0.332 e. The average molecular weight is 344 g/mol. The second-order valence-electron chi connectivity index (χ2n) is 4.99. The Morgan fingerprint density at radius 2 is 2.00 bits per heavy atom. The topological polar surface area (TPSA) is 127 Å². The summed E-state index contributed by atoms with van der Waals surface area (Å²) in [4.78, 5) is 20.3. The van der Waals surface area contributed by atoms with Crippen LogP contribution >= 0.6 is 0 Å². The Morgan fingerprint density at radius 3 is 2.48 bits per heavy atom. The summed E-state index contributed by atoms with van der Waals surface area (Å²) in [5.74, 6) is -1.68. The predicted octanol–water partition coefficient (Wildman–Crippen LogP) is 2.77. The van der Waals surface area contributed by atoms with Gasteiger partial charge >= 0.3 is 11.9 Å². The number of allylic oxidation sites excluding steroid dienone is 1. The van der Waals surface area contributed by atoms with Crippen LogP contribution in [0.2, 0.25) is 0 Å². The van der Waals surface area contributed by atoms with Crippen molar-refractivity contribution in [2.45, 2.75) is 19.9 Å². The van der Waals surface area contributed by atoms with Gasteiger partial charge in [0.1, 0.15) is 11.5 Å². The first-order valence-electron chi connectivity index (χ1n) is 7.38. The molecule has 2 rings (SSSR count). The maximum Gasteiger partial charge on any atom is 0.332 e. The molecule has 1 aromatic heterocycles. The van der Waals surface area contributed by atoms with Crippen molar-refractivity contribution in [3.63, 3.8) is 0 Å². The van der Waals surface area contributed by atoms with Gasteiger partial charge in [-0.25, -0.2) is 9.59 Å². The van der Waals surface area contributed by atoms with Crippen molar-refractivity contribution in [1.29, 1.82) is 0 Å². The van der Waals surface area contributed by atoms with Crippen molar-refractivity contribution in [3.05, 3.63) is 66.0 Å². The third-order valence-electron chi connectivity index (χ3n) is 3.08. The Hall–Kier alpha value is -3.19. The molecule has 1 aromatic carbocycles. The molecule has 7 heteroatoms. The number of hydrogen-bond donors (Lipinski definition) is 3. The highest BCUT2D eigenvalue weighted by molar-refractivity contribution is 5.94. The molecule has 4 N–H and O–H groups in total. The summed E-state index contributed by atoms with van der Waals surface area (Å²) >= 11 is 0. The molecule has 0 amide bonds. The van der Waals surface area contributed by atoms with Gasteiger partial charge in [-0.05, 0) is 18.9 Å². The SMILES string of the molecule is C=CC/C(=C/C(=O)O)C(=O)O.Cc1cc(-c2ccccc2CN)no1. The molecule has 1 heterocycles. The molecule has 0 unspecified atom stereocenters. The van der Waals surface area contributed by atoms with Gasteiger partial charge in [0.05, 0.1) is 0 Å². The zero-order valence-electron chi connectivity index (χ0n) is 13.8. The van der Waals surface area contributed by atoms with Gasteiger partial charge in [0.15, 0.2) is 0 Å². The molecule has 0 aliphatic rings. The second kappa shape index (κ2) is 9.84. The second-order valence-corrected chi connectivity index (χ2v) is 4.99. The number of carboxylic acids is 2. The van der Waals surface area contributed by atoms with Crippen molar-refractivity contribution < 1.29 is 24.3 Å². The fraction of sp³-hybridized carbons (Fsp3) is 0.167. The molecule has 0 saturated carbocycles. The number of hydrogen-bond acceptors (Lipinski definition) is 5. The van der Waals surface area contributed by atoms with Crippen LogP contribution in [0.25, 0.3) is 11.3 Å². The molecule has 0 radical (unpaired) electrons. The van der Waals surface area contributed by atoms with Crippen molar-refractivity contribution in [3.8, 4) is 11.3 Å². The highest BCUT2D eigenvalue weighted by Crippen LogP contribution is 2.22. The summed E-state index contributed by atoms with van der Waals surface area (Å²) in [6.07, 6.45) is 2.05. The number of aryl methyl sites for hydroxylation is 1. The molecule has 0 aliphatic carbocycles. The number of carbonyl (C=O) groups is 2. The summed E-state index contributed by atoms with van der Waals surface area (Å²) < 4.78 is 5.03.